The van der Waals surface area contributed by atoms with E-state index in [1.54, 1.807) is 0 Å². The van der Waals surface area contributed by atoms with Crippen LogP contribution in [0.1, 0.15) is 25.3 Å². The molecule has 1 aromatic rings. The van der Waals surface area contributed by atoms with Crippen molar-refractivity contribution in [2.75, 3.05) is 40.8 Å². The molecular formula is C14H28N4O. The molecule has 1 N–H and O–H groups in total. The van der Waals surface area contributed by atoms with E-state index in [-0.39, 0.29) is 0 Å². The molecule has 19 heavy (non-hydrogen) atoms. The Morgan fingerprint density at radius 2 is 2.05 bits per heavy atom. The van der Waals surface area contributed by atoms with Crippen LogP contribution in [-0.2, 0) is 13.1 Å². The summed E-state index contributed by atoms with van der Waals surface area (Å²) in [6.07, 6.45) is 0. The fourth-order valence-corrected chi connectivity index (χ4v) is 2.01. The third-order valence-corrected chi connectivity index (χ3v) is 2.83. The number of nitrogens with zero attached hydrogens (tertiary/aromatic N) is 3. The van der Waals surface area contributed by atoms with Gasteiger partial charge in [0.2, 0.25) is 0 Å². The predicted octanol–water partition coefficient (Wildman–Crippen LogP) is 1.41. The van der Waals surface area contributed by atoms with Gasteiger partial charge in [-0.3, -0.25) is 4.90 Å². The number of hydrogen-bond acceptors (Lipinski definition) is 5. The van der Waals surface area contributed by atoms with Gasteiger partial charge in [0.1, 0.15) is 0 Å². The van der Waals surface area contributed by atoms with Crippen molar-refractivity contribution in [3.8, 4) is 0 Å². The Hall–Kier alpha value is -0.910. The maximum absolute atomic E-state index is 5.39. The van der Waals surface area contributed by atoms with Gasteiger partial charge in [-0.2, -0.15) is 0 Å². The Balaban J connectivity index is 2.53. The number of aromatic nitrogens is 1. The van der Waals surface area contributed by atoms with E-state index in [9.17, 15) is 0 Å². The number of rotatable bonds is 9. The summed E-state index contributed by atoms with van der Waals surface area (Å²) < 4.78 is 5.39. The lowest BCUT2D eigenvalue weighted by Gasteiger charge is -2.24. The first kappa shape index (κ1) is 16.1. The van der Waals surface area contributed by atoms with E-state index in [1.807, 2.05) is 13.1 Å². The van der Waals surface area contributed by atoms with Crippen LogP contribution in [0.25, 0.3) is 0 Å². The van der Waals surface area contributed by atoms with E-state index in [2.05, 4.69) is 48.2 Å². The van der Waals surface area contributed by atoms with Gasteiger partial charge in [-0.05, 0) is 27.1 Å². The third-order valence-electron chi connectivity index (χ3n) is 2.83. The largest absolute Gasteiger partial charge is 0.360 e. The van der Waals surface area contributed by atoms with Crippen molar-refractivity contribution in [2.45, 2.75) is 26.9 Å². The van der Waals surface area contributed by atoms with Crippen molar-refractivity contribution in [3.63, 3.8) is 0 Å². The van der Waals surface area contributed by atoms with E-state index in [0.717, 1.165) is 44.2 Å². The first-order valence-corrected chi connectivity index (χ1v) is 6.97. The molecule has 5 nitrogen and oxygen atoms in total. The highest BCUT2D eigenvalue weighted by Crippen LogP contribution is 2.09. The molecule has 0 aliphatic heterocycles. The van der Waals surface area contributed by atoms with E-state index in [4.69, 9.17) is 4.52 Å². The molecule has 0 aliphatic carbocycles. The van der Waals surface area contributed by atoms with Crippen LogP contribution < -0.4 is 5.32 Å². The van der Waals surface area contributed by atoms with Crippen LogP contribution in [0.4, 0.5) is 0 Å². The summed E-state index contributed by atoms with van der Waals surface area (Å²) in [4.78, 5) is 4.63. The number of likely N-dealkylation sites (N-methyl/N-ethyl adjacent to an activating group) is 1. The predicted molar refractivity (Wildman–Crippen MR) is 77.9 cm³/mol. The smallest absolute Gasteiger partial charge is 0.151 e. The van der Waals surface area contributed by atoms with Gasteiger partial charge in [0.25, 0.3) is 0 Å². The summed E-state index contributed by atoms with van der Waals surface area (Å²) in [5, 5.41) is 7.14. The average Bonchev–Trinajstić information content (AvgIpc) is 2.73. The van der Waals surface area contributed by atoms with Crippen LogP contribution in [0.5, 0.6) is 0 Å². The zero-order chi connectivity index (χ0) is 14.3. The second kappa shape index (κ2) is 8.30. The lowest BCUT2D eigenvalue weighted by Crippen LogP contribution is -2.33. The molecule has 0 spiro atoms. The molecular weight excluding hydrogens is 240 g/mol. The molecule has 0 atom stereocenters. The van der Waals surface area contributed by atoms with Gasteiger partial charge in [0, 0.05) is 32.2 Å². The molecule has 0 unspecified atom stereocenters. The van der Waals surface area contributed by atoms with Gasteiger partial charge in [0.05, 0.1) is 12.2 Å². The van der Waals surface area contributed by atoms with Crippen LogP contribution in [-0.4, -0.2) is 55.7 Å². The molecule has 0 aromatic carbocycles. The van der Waals surface area contributed by atoms with E-state index in [1.165, 1.54) is 0 Å². The fourth-order valence-electron chi connectivity index (χ4n) is 2.01. The molecule has 1 heterocycles. The molecule has 0 aliphatic rings. The quantitative estimate of drug-likeness (QED) is 0.734. The molecule has 0 bridgehead atoms. The van der Waals surface area contributed by atoms with Crippen molar-refractivity contribution < 1.29 is 4.52 Å². The van der Waals surface area contributed by atoms with Crippen LogP contribution in [0.3, 0.4) is 0 Å². The van der Waals surface area contributed by atoms with Gasteiger partial charge in [-0.25, -0.2) is 0 Å². The summed E-state index contributed by atoms with van der Waals surface area (Å²) in [6, 6.07) is 2.04. The SMILES string of the molecule is CNCc1cc(CN(CCN(C)C)CC(C)C)on1. The molecule has 0 saturated heterocycles. The zero-order valence-electron chi connectivity index (χ0n) is 12.9. The Kier molecular flexibility index (Phi) is 7.05. The monoisotopic (exact) mass is 268 g/mol. The second-order valence-electron chi connectivity index (χ2n) is 5.75. The Labute approximate surface area is 116 Å². The van der Waals surface area contributed by atoms with Crippen molar-refractivity contribution in [2.24, 2.45) is 5.92 Å². The minimum Gasteiger partial charge on any atom is -0.360 e. The maximum Gasteiger partial charge on any atom is 0.151 e. The van der Waals surface area contributed by atoms with Gasteiger partial charge >= 0.3 is 0 Å². The topological polar surface area (TPSA) is 44.5 Å². The van der Waals surface area contributed by atoms with E-state index in [0.29, 0.717) is 5.92 Å². The first-order valence-electron chi connectivity index (χ1n) is 6.97. The molecule has 0 fully saturated rings. The van der Waals surface area contributed by atoms with Crippen LogP contribution in [0.2, 0.25) is 0 Å². The van der Waals surface area contributed by atoms with Gasteiger partial charge < -0.3 is 14.7 Å². The third kappa shape index (κ3) is 6.71. The summed E-state index contributed by atoms with van der Waals surface area (Å²) in [6.45, 7) is 9.27. The van der Waals surface area contributed by atoms with Crippen molar-refractivity contribution in [1.82, 2.24) is 20.3 Å². The minimum atomic E-state index is 0.655. The molecule has 0 saturated carbocycles. The maximum atomic E-state index is 5.39. The summed E-state index contributed by atoms with van der Waals surface area (Å²) in [7, 11) is 6.12. The summed E-state index contributed by atoms with van der Waals surface area (Å²) in [5.74, 6) is 1.60. The molecule has 1 rings (SSSR count). The minimum absolute atomic E-state index is 0.655. The molecule has 5 heteroatoms. The Morgan fingerprint density at radius 1 is 1.32 bits per heavy atom. The van der Waals surface area contributed by atoms with E-state index < -0.39 is 0 Å². The van der Waals surface area contributed by atoms with Crippen molar-refractivity contribution >= 4 is 0 Å². The Bertz CT molecular complexity index is 349. The van der Waals surface area contributed by atoms with E-state index >= 15 is 0 Å². The molecule has 0 amide bonds. The normalized spacial score (nSPS) is 12.0. The van der Waals surface area contributed by atoms with Crippen LogP contribution in [0, 0.1) is 5.92 Å². The van der Waals surface area contributed by atoms with Gasteiger partial charge in [0.15, 0.2) is 5.76 Å². The lowest BCUT2D eigenvalue weighted by atomic mass is 10.2. The van der Waals surface area contributed by atoms with Gasteiger partial charge in [-0.1, -0.05) is 19.0 Å². The molecule has 0 radical (unpaired) electrons. The molecule has 110 valence electrons. The Morgan fingerprint density at radius 3 is 2.63 bits per heavy atom. The zero-order valence-corrected chi connectivity index (χ0v) is 12.9. The second-order valence-corrected chi connectivity index (χ2v) is 5.75. The highest BCUT2D eigenvalue weighted by Gasteiger charge is 2.12. The lowest BCUT2D eigenvalue weighted by molar-refractivity contribution is 0.191. The average molecular weight is 268 g/mol. The highest BCUT2D eigenvalue weighted by molar-refractivity contribution is 5.05. The number of hydrogen-bond donors (Lipinski definition) is 1. The van der Waals surface area contributed by atoms with Crippen LogP contribution in [0.15, 0.2) is 10.6 Å². The van der Waals surface area contributed by atoms with Crippen molar-refractivity contribution in [1.29, 1.82) is 0 Å². The molecule has 1 aromatic heterocycles. The summed E-state index contributed by atoms with van der Waals surface area (Å²) >= 11 is 0. The highest BCUT2D eigenvalue weighted by atomic mass is 16.5. The fraction of sp³-hybridized carbons (Fsp3) is 0.786. The standard InChI is InChI=1S/C14H28N4O/c1-12(2)10-18(7-6-17(4)5)11-14-8-13(9-15-3)16-19-14/h8,12,15H,6-7,9-11H2,1-5H3. The van der Waals surface area contributed by atoms with Crippen molar-refractivity contribution in [3.05, 3.63) is 17.5 Å². The number of nitrogens with one attached hydrogen (secondary N) is 1. The van der Waals surface area contributed by atoms with Crippen LogP contribution >= 0.6 is 0 Å². The summed E-state index contributed by atoms with van der Waals surface area (Å²) in [5.41, 5.74) is 0.967. The van der Waals surface area contributed by atoms with Gasteiger partial charge in [-0.15, -0.1) is 0 Å². The first-order chi connectivity index (χ1) is 9.01.